The molecule has 2 aromatic rings. The van der Waals surface area contributed by atoms with Crippen molar-refractivity contribution >= 4 is 11.8 Å². The van der Waals surface area contributed by atoms with Gasteiger partial charge in [-0.3, -0.25) is 9.59 Å². The van der Waals surface area contributed by atoms with Crippen LogP contribution in [0.3, 0.4) is 0 Å². The Morgan fingerprint density at radius 1 is 1.00 bits per heavy atom. The first-order valence-corrected chi connectivity index (χ1v) is 6.84. The standard InChI is InChI=1S/C18H16N2O2/c1-2-16(21)20-17(15-11-7-4-8-12-15)18(22)19-13-14-9-5-3-6-10-14/h1,3-12,17H,13H2,(H,19,22)(H,20,21). The van der Waals surface area contributed by atoms with Gasteiger partial charge in [0, 0.05) is 6.54 Å². The lowest BCUT2D eigenvalue weighted by molar-refractivity contribution is -0.127. The maximum Gasteiger partial charge on any atom is 0.296 e. The predicted molar refractivity (Wildman–Crippen MR) is 84.4 cm³/mol. The number of carbonyl (C=O) groups is 2. The minimum Gasteiger partial charge on any atom is -0.350 e. The Kier molecular flexibility index (Phi) is 5.33. The zero-order valence-electron chi connectivity index (χ0n) is 12.0. The van der Waals surface area contributed by atoms with E-state index in [-0.39, 0.29) is 5.91 Å². The Morgan fingerprint density at radius 2 is 1.59 bits per heavy atom. The van der Waals surface area contributed by atoms with Crippen LogP contribution in [0, 0.1) is 12.3 Å². The number of rotatable bonds is 5. The topological polar surface area (TPSA) is 58.2 Å². The first kappa shape index (κ1) is 15.3. The van der Waals surface area contributed by atoms with Crippen LogP contribution in [-0.4, -0.2) is 11.8 Å². The fourth-order valence-corrected chi connectivity index (χ4v) is 2.01. The smallest absolute Gasteiger partial charge is 0.296 e. The van der Waals surface area contributed by atoms with Crippen molar-refractivity contribution in [2.24, 2.45) is 0 Å². The molecule has 0 aliphatic carbocycles. The van der Waals surface area contributed by atoms with Crippen LogP contribution in [0.4, 0.5) is 0 Å². The Morgan fingerprint density at radius 3 is 2.18 bits per heavy atom. The third-order valence-corrected chi connectivity index (χ3v) is 3.11. The minimum absolute atomic E-state index is 0.307. The van der Waals surface area contributed by atoms with Gasteiger partial charge in [0.1, 0.15) is 6.04 Å². The molecule has 22 heavy (non-hydrogen) atoms. The average Bonchev–Trinajstić information content (AvgIpc) is 2.59. The molecule has 0 saturated heterocycles. The molecule has 0 fully saturated rings. The molecule has 0 aliphatic rings. The SMILES string of the molecule is C#CC(=O)NC(C(=O)NCc1ccccc1)c1ccccc1. The Hall–Kier alpha value is -3.06. The van der Waals surface area contributed by atoms with Gasteiger partial charge in [-0.15, -0.1) is 6.42 Å². The van der Waals surface area contributed by atoms with Crippen LogP contribution in [-0.2, 0) is 16.1 Å². The highest BCUT2D eigenvalue weighted by Gasteiger charge is 2.21. The molecule has 0 aliphatic heterocycles. The molecule has 2 amide bonds. The molecule has 0 spiro atoms. The molecule has 0 saturated carbocycles. The molecule has 0 bridgehead atoms. The van der Waals surface area contributed by atoms with Crippen LogP contribution >= 0.6 is 0 Å². The Bertz CT molecular complexity index is 675. The van der Waals surface area contributed by atoms with Gasteiger partial charge in [0.15, 0.2) is 0 Å². The quantitative estimate of drug-likeness (QED) is 0.826. The van der Waals surface area contributed by atoms with Gasteiger partial charge in [0.2, 0.25) is 5.91 Å². The van der Waals surface area contributed by atoms with Gasteiger partial charge in [-0.25, -0.2) is 0 Å². The van der Waals surface area contributed by atoms with Crippen molar-refractivity contribution in [3.05, 3.63) is 71.8 Å². The second kappa shape index (κ2) is 7.65. The summed E-state index contributed by atoms with van der Waals surface area (Å²) < 4.78 is 0. The number of terminal acetylenes is 1. The molecule has 1 atom stereocenters. The van der Waals surface area contributed by atoms with E-state index in [9.17, 15) is 9.59 Å². The van der Waals surface area contributed by atoms with Crippen molar-refractivity contribution in [3.63, 3.8) is 0 Å². The lowest BCUT2D eigenvalue weighted by Gasteiger charge is -2.17. The number of amides is 2. The van der Waals surface area contributed by atoms with Crippen LogP contribution < -0.4 is 10.6 Å². The number of nitrogens with one attached hydrogen (secondary N) is 2. The van der Waals surface area contributed by atoms with E-state index in [0.29, 0.717) is 12.1 Å². The van der Waals surface area contributed by atoms with Crippen LogP contribution in [0.2, 0.25) is 0 Å². The van der Waals surface area contributed by atoms with E-state index in [1.54, 1.807) is 24.3 Å². The Labute approximate surface area is 129 Å². The van der Waals surface area contributed by atoms with Crippen LogP contribution in [0.5, 0.6) is 0 Å². The normalized spacial score (nSPS) is 11.0. The Balaban J connectivity index is 2.09. The van der Waals surface area contributed by atoms with Gasteiger partial charge < -0.3 is 10.6 Å². The van der Waals surface area contributed by atoms with Gasteiger partial charge in [-0.05, 0) is 17.0 Å². The van der Waals surface area contributed by atoms with Crippen molar-refractivity contribution < 1.29 is 9.59 Å². The van der Waals surface area contributed by atoms with E-state index in [2.05, 4.69) is 10.6 Å². The van der Waals surface area contributed by atoms with E-state index in [4.69, 9.17) is 6.42 Å². The largest absolute Gasteiger partial charge is 0.350 e. The zero-order chi connectivity index (χ0) is 15.8. The van der Waals surface area contributed by atoms with Gasteiger partial charge in [-0.2, -0.15) is 0 Å². The summed E-state index contributed by atoms with van der Waals surface area (Å²) in [5.74, 6) is 1.04. The van der Waals surface area contributed by atoms with E-state index in [1.165, 1.54) is 0 Å². The van der Waals surface area contributed by atoms with Gasteiger partial charge >= 0.3 is 0 Å². The molecule has 2 rings (SSSR count). The number of hydrogen-bond acceptors (Lipinski definition) is 2. The summed E-state index contributed by atoms with van der Waals surface area (Å²) in [6.45, 7) is 0.384. The summed E-state index contributed by atoms with van der Waals surface area (Å²) >= 11 is 0. The average molecular weight is 292 g/mol. The highest BCUT2D eigenvalue weighted by atomic mass is 16.2. The summed E-state index contributed by atoms with van der Waals surface area (Å²) in [7, 11) is 0. The molecular formula is C18H16N2O2. The molecule has 4 nitrogen and oxygen atoms in total. The van der Waals surface area contributed by atoms with Crippen LogP contribution in [0.25, 0.3) is 0 Å². The minimum atomic E-state index is -0.812. The van der Waals surface area contributed by atoms with Crippen molar-refractivity contribution in [1.29, 1.82) is 0 Å². The third-order valence-electron chi connectivity index (χ3n) is 3.11. The predicted octanol–water partition coefficient (Wildman–Crippen LogP) is 1.79. The molecule has 0 radical (unpaired) electrons. The van der Waals surface area contributed by atoms with E-state index >= 15 is 0 Å². The number of carbonyl (C=O) groups excluding carboxylic acids is 2. The van der Waals surface area contributed by atoms with Crippen LogP contribution in [0.1, 0.15) is 17.2 Å². The van der Waals surface area contributed by atoms with Crippen molar-refractivity contribution in [2.45, 2.75) is 12.6 Å². The fraction of sp³-hybridized carbons (Fsp3) is 0.111. The van der Waals surface area contributed by atoms with E-state index in [1.807, 2.05) is 42.3 Å². The maximum absolute atomic E-state index is 12.4. The third kappa shape index (κ3) is 4.22. The van der Waals surface area contributed by atoms with Crippen molar-refractivity contribution in [1.82, 2.24) is 10.6 Å². The molecule has 1 unspecified atom stereocenters. The van der Waals surface area contributed by atoms with Gasteiger partial charge in [0.25, 0.3) is 5.91 Å². The summed E-state index contributed by atoms with van der Waals surface area (Å²) in [5, 5.41) is 5.34. The van der Waals surface area contributed by atoms with Crippen molar-refractivity contribution in [3.8, 4) is 12.3 Å². The zero-order valence-corrected chi connectivity index (χ0v) is 12.0. The first-order chi connectivity index (χ1) is 10.7. The highest BCUT2D eigenvalue weighted by Crippen LogP contribution is 2.13. The molecule has 0 aromatic heterocycles. The first-order valence-electron chi connectivity index (χ1n) is 6.84. The molecule has 0 heterocycles. The fourth-order valence-electron chi connectivity index (χ4n) is 2.01. The number of benzene rings is 2. The van der Waals surface area contributed by atoms with Gasteiger partial charge in [-0.1, -0.05) is 60.7 Å². The molecule has 2 N–H and O–H groups in total. The summed E-state index contributed by atoms with van der Waals surface area (Å²) in [4.78, 5) is 23.8. The molecule has 4 heteroatoms. The molecule has 2 aromatic carbocycles. The lowest BCUT2D eigenvalue weighted by Crippen LogP contribution is -2.39. The second-order valence-corrected chi connectivity index (χ2v) is 4.66. The van der Waals surface area contributed by atoms with E-state index < -0.39 is 11.9 Å². The highest BCUT2D eigenvalue weighted by molar-refractivity contribution is 5.96. The molecule has 110 valence electrons. The van der Waals surface area contributed by atoms with Crippen molar-refractivity contribution in [2.75, 3.05) is 0 Å². The summed E-state index contributed by atoms with van der Waals surface area (Å²) in [6, 6.07) is 17.7. The molecular weight excluding hydrogens is 276 g/mol. The van der Waals surface area contributed by atoms with Gasteiger partial charge in [0.05, 0.1) is 0 Å². The second-order valence-electron chi connectivity index (χ2n) is 4.66. The van der Waals surface area contributed by atoms with Crippen LogP contribution in [0.15, 0.2) is 60.7 Å². The van der Waals surface area contributed by atoms with E-state index in [0.717, 1.165) is 5.56 Å². The summed E-state index contributed by atoms with van der Waals surface area (Å²) in [6.07, 6.45) is 5.07. The summed E-state index contributed by atoms with van der Waals surface area (Å²) in [5.41, 5.74) is 1.66. The maximum atomic E-state index is 12.4. The number of hydrogen-bond donors (Lipinski definition) is 2. The monoisotopic (exact) mass is 292 g/mol. The lowest BCUT2D eigenvalue weighted by atomic mass is 10.1.